The lowest BCUT2D eigenvalue weighted by atomic mass is 9.80. The van der Waals surface area contributed by atoms with Crippen LogP contribution in [0.25, 0.3) is 11.2 Å². The Bertz CT molecular complexity index is 2820. The summed E-state index contributed by atoms with van der Waals surface area (Å²) in [5.74, 6) is 0.602. The number of carbonyl (C=O) groups is 2. The Labute approximate surface area is 475 Å². The lowest BCUT2D eigenvalue weighted by Gasteiger charge is -2.43. The summed E-state index contributed by atoms with van der Waals surface area (Å²) < 4.78 is 63.9. The highest BCUT2D eigenvalue weighted by molar-refractivity contribution is 7.44. The lowest BCUT2D eigenvalue weighted by molar-refractivity contribution is -0.144. The van der Waals surface area contributed by atoms with Gasteiger partial charge in [-0.1, -0.05) is 95.0 Å². The third-order valence-electron chi connectivity index (χ3n) is 14.4. The molecule has 22 heteroatoms. The quantitative estimate of drug-likeness (QED) is 0.0113. The van der Waals surface area contributed by atoms with Gasteiger partial charge < -0.3 is 47.2 Å². The van der Waals surface area contributed by atoms with Gasteiger partial charge in [0.1, 0.15) is 48.5 Å². The number of methoxy groups -OCH3 is 2. The molecule has 80 heavy (non-hydrogen) atoms. The molecular weight excluding hydrogens is 1070 g/mol. The van der Waals surface area contributed by atoms with Gasteiger partial charge in [-0.15, -0.1) is 0 Å². The second kappa shape index (κ2) is 28.5. The maximum absolute atomic E-state index is 14.3. The zero-order valence-corrected chi connectivity index (χ0v) is 52.1. The van der Waals surface area contributed by atoms with E-state index in [1.165, 1.54) is 17.2 Å². The normalized spacial score (nSPS) is 17.5. The van der Waals surface area contributed by atoms with Crippen LogP contribution in [0.3, 0.4) is 0 Å². The van der Waals surface area contributed by atoms with Gasteiger partial charge in [0.2, 0.25) is 5.91 Å². The molecule has 5 atom stereocenters. The van der Waals surface area contributed by atoms with Crippen LogP contribution < -0.4 is 20.3 Å². The van der Waals surface area contributed by atoms with Crippen LogP contribution in [0.4, 0.5) is 0 Å². The smallest absolute Gasteiger partial charge is 0.306 e. The average Bonchev–Trinajstić information content (AvgIpc) is 4.19. The van der Waals surface area contributed by atoms with Crippen molar-refractivity contribution in [1.29, 1.82) is 5.26 Å². The van der Waals surface area contributed by atoms with Gasteiger partial charge in [0.15, 0.2) is 25.7 Å². The molecule has 436 valence electrons. The molecule has 1 saturated heterocycles. The lowest BCUT2D eigenvalue weighted by Crippen LogP contribution is -2.51. The van der Waals surface area contributed by atoms with E-state index in [0.717, 1.165) is 22.7 Å². The average molecular weight is 1160 g/mol. The Morgan fingerprint density at radius 3 is 2.00 bits per heavy atom. The first-order valence-corrected chi connectivity index (χ1v) is 35.2. The van der Waals surface area contributed by atoms with E-state index in [-0.39, 0.29) is 86.6 Å². The highest BCUT2D eigenvalue weighted by Crippen LogP contribution is 2.53. The Morgan fingerprint density at radius 1 is 0.825 bits per heavy atom. The van der Waals surface area contributed by atoms with Crippen molar-refractivity contribution in [3.63, 3.8) is 0 Å². The summed E-state index contributed by atoms with van der Waals surface area (Å²) in [4.78, 5) is 48.4. The first-order chi connectivity index (χ1) is 37.9. The van der Waals surface area contributed by atoms with E-state index in [1.807, 2.05) is 78.9 Å². The number of carbonyl (C=O) groups excluding carboxylic acids is 2. The number of fused-ring (bicyclic) bond motifs is 1. The van der Waals surface area contributed by atoms with Gasteiger partial charge in [0.25, 0.3) is 14.1 Å². The molecule has 0 spiro atoms. The minimum Gasteiger partial charge on any atom is -0.497 e. The van der Waals surface area contributed by atoms with Crippen molar-refractivity contribution in [2.75, 3.05) is 47.4 Å². The summed E-state index contributed by atoms with van der Waals surface area (Å²) in [5.41, 5.74) is 1.22. The minimum absolute atomic E-state index is 0.0213. The zero-order chi connectivity index (χ0) is 58.4. The Morgan fingerprint density at radius 2 is 1.44 bits per heavy atom. The van der Waals surface area contributed by atoms with Crippen LogP contribution in [0.1, 0.15) is 90.6 Å². The monoisotopic (exact) mass is 1160 g/mol. The van der Waals surface area contributed by atoms with Crippen molar-refractivity contribution >= 4 is 48.0 Å². The highest BCUT2D eigenvalue weighted by atomic mass is 31.2. The van der Waals surface area contributed by atoms with Crippen LogP contribution in [0, 0.1) is 11.3 Å². The van der Waals surface area contributed by atoms with Crippen LogP contribution in [0.5, 0.6) is 11.5 Å². The minimum atomic E-state index is -2.70. The van der Waals surface area contributed by atoms with E-state index in [4.69, 9.17) is 46.9 Å². The third-order valence-corrected chi connectivity index (χ3v) is 22.7. The molecule has 2 aromatic heterocycles. The molecule has 1 aliphatic heterocycles. The summed E-state index contributed by atoms with van der Waals surface area (Å²) in [6, 6.07) is 28.7. The molecule has 1 amide bonds. The number of nitrogens with zero attached hydrogens (tertiary/aromatic N) is 6. The van der Waals surface area contributed by atoms with Crippen molar-refractivity contribution in [3.8, 4) is 17.6 Å². The van der Waals surface area contributed by atoms with E-state index < -0.39 is 66.6 Å². The summed E-state index contributed by atoms with van der Waals surface area (Å²) >= 11 is 0. The highest BCUT2D eigenvalue weighted by Gasteiger charge is 2.54. The van der Waals surface area contributed by atoms with E-state index in [2.05, 4.69) is 102 Å². The molecule has 0 radical (unpaired) electrons. The van der Waals surface area contributed by atoms with Crippen molar-refractivity contribution in [3.05, 3.63) is 119 Å². The molecule has 0 bridgehead atoms. The van der Waals surface area contributed by atoms with E-state index >= 15 is 0 Å². The molecule has 1 fully saturated rings. The number of nitrogens with one attached hydrogen (secondary N) is 1. The fraction of sp³-hybridized carbons (Fsp3) is 0.552. The fourth-order valence-corrected chi connectivity index (χ4v) is 12.8. The zero-order valence-electron chi connectivity index (χ0n) is 49.2. The summed E-state index contributed by atoms with van der Waals surface area (Å²) in [6.07, 6.45) is -0.460. The topological polar surface area (TPSA) is 209 Å². The van der Waals surface area contributed by atoms with Crippen LogP contribution >= 0.6 is 8.53 Å². The molecule has 0 aliphatic carbocycles. The van der Waals surface area contributed by atoms with Crippen molar-refractivity contribution in [2.45, 2.75) is 160 Å². The second-order valence-corrected chi connectivity index (χ2v) is 34.9. The Balaban J connectivity index is 1.38. The predicted molar refractivity (Wildman–Crippen MR) is 313 cm³/mol. The standard InChI is InChI=1S/C58H84N7O12PSi2/c1-41(2)65(42(3)4)78(74-33-18-31-59)76-53-52(77-80(13,14)57(5,6)7)48(37-73-58(43-19-16-15-17-20-43,44-21-25-46(69-8)26-22-44)45-23-27-47(70-9)28-24-45)75-56(53)64-39-60-51-54(64)61-38-63(55(51)68)32-34-71-40-62-49(66)29-30-50(67)72-35-36-79(10,11)12/h15-17,19-28,38-39,41-42,48,52-53,56H,18,29-30,32-37,40H2,1-14H3,(H,62,66)/t48-,52-,53-,56-,78?/m1/s1. The van der Waals surface area contributed by atoms with E-state index in [0.29, 0.717) is 18.1 Å². The number of ether oxygens (including phenoxy) is 6. The number of hydrogen-bond donors (Lipinski definition) is 1. The molecule has 1 aliphatic rings. The first-order valence-electron chi connectivity index (χ1n) is 27.4. The van der Waals surface area contributed by atoms with Crippen LogP contribution in [0.15, 0.2) is 96.3 Å². The number of rotatable bonds is 30. The van der Waals surface area contributed by atoms with E-state index in [1.54, 1.807) is 18.8 Å². The molecule has 6 rings (SSSR count). The Hall–Kier alpha value is -5.38. The maximum atomic E-state index is 14.3. The number of aromatic nitrogens is 4. The van der Waals surface area contributed by atoms with E-state index in [9.17, 15) is 19.6 Å². The van der Waals surface area contributed by atoms with Crippen LogP contribution in [-0.4, -0.2) is 130 Å². The van der Waals surface area contributed by atoms with Gasteiger partial charge in [0.05, 0.1) is 72.4 Å². The number of amides is 1. The van der Waals surface area contributed by atoms with Crippen molar-refractivity contribution in [2.24, 2.45) is 0 Å². The van der Waals surface area contributed by atoms with Gasteiger partial charge in [-0.2, -0.15) is 5.26 Å². The summed E-state index contributed by atoms with van der Waals surface area (Å²) in [7, 11) is -2.67. The molecule has 0 saturated carbocycles. The van der Waals surface area contributed by atoms with Gasteiger partial charge in [0, 0.05) is 26.6 Å². The number of esters is 1. The molecule has 19 nitrogen and oxygen atoms in total. The number of hydrogen-bond acceptors (Lipinski definition) is 16. The largest absolute Gasteiger partial charge is 0.497 e. The number of imidazole rings is 1. The third kappa shape index (κ3) is 16.2. The van der Waals surface area contributed by atoms with Crippen LogP contribution in [-0.2, 0) is 54.2 Å². The molecule has 1 N–H and O–H groups in total. The first kappa shape index (κ1) is 63.8. The summed E-state index contributed by atoms with van der Waals surface area (Å²) in [5, 5.41) is 12.1. The van der Waals surface area contributed by atoms with Crippen LogP contribution in [0.2, 0.25) is 43.8 Å². The molecule has 3 aromatic carbocycles. The Kier molecular flexibility index (Phi) is 22.8. The molecular formula is C58H84N7O12PSi2. The SMILES string of the molecule is COc1ccc(C(OC[C@H]2O[C@@H](n3cnc4c(=O)n(CCOCNC(=O)CCC(=O)OCC[Si](C)(C)C)cnc43)[C@H](OP(OCCC#N)N(C(C)C)C(C)C)[C@@H]2O[Si](C)(C)C(C)(C)C)(c2ccccc2)c2ccc(OC)cc2)cc1. The summed E-state index contributed by atoms with van der Waals surface area (Å²) in [6.45, 7) is 26.3. The van der Waals surface area contributed by atoms with Gasteiger partial charge in [-0.3, -0.25) is 23.5 Å². The van der Waals surface area contributed by atoms with Crippen molar-refractivity contribution in [1.82, 2.24) is 29.1 Å². The molecule has 3 heterocycles. The number of benzene rings is 3. The second-order valence-electron chi connectivity index (χ2n) is 23.1. The van der Waals surface area contributed by atoms with Gasteiger partial charge in [-0.05, 0) is 92.8 Å². The molecule has 5 aromatic rings. The van der Waals surface area contributed by atoms with Crippen molar-refractivity contribution < 1.29 is 51.5 Å². The van der Waals surface area contributed by atoms with Gasteiger partial charge in [-0.25, -0.2) is 14.6 Å². The molecule has 1 unspecified atom stereocenters. The number of nitriles is 1. The fourth-order valence-electron chi connectivity index (χ4n) is 9.02. The maximum Gasteiger partial charge on any atom is 0.306 e. The van der Waals surface area contributed by atoms with Gasteiger partial charge >= 0.3 is 5.97 Å². The predicted octanol–water partition coefficient (Wildman–Crippen LogP) is 10.3.